The normalized spacial score (nSPS) is 16.8. The van der Waals surface area contributed by atoms with Crippen LogP contribution in [-0.2, 0) is 12.6 Å². The van der Waals surface area contributed by atoms with Crippen LogP contribution in [0.15, 0.2) is 18.2 Å². The van der Waals surface area contributed by atoms with Crippen LogP contribution in [0.2, 0.25) is 0 Å². The molecule has 0 spiro atoms. The molecule has 3 nitrogen and oxygen atoms in total. The number of rotatable bonds is 2. The summed E-state index contributed by atoms with van der Waals surface area (Å²) in [6, 6.07) is 4.29. The number of nitrogens with zero attached hydrogens (tertiary/aromatic N) is 1. The van der Waals surface area contributed by atoms with E-state index in [1.54, 1.807) is 19.1 Å². The molecular formula is C17H19F3N2O. The van der Waals surface area contributed by atoms with Crippen molar-refractivity contribution in [2.75, 3.05) is 11.9 Å². The molecule has 2 aromatic rings. The van der Waals surface area contributed by atoms with Gasteiger partial charge in [0.2, 0.25) is 5.88 Å². The number of benzene rings is 1. The molecule has 1 aromatic heterocycles. The molecule has 0 fully saturated rings. The molecule has 2 heterocycles. The molecule has 1 aliphatic rings. The molecule has 0 bridgehead atoms. The van der Waals surface area contributed by atoms with Crippen molar-refractivity contribution in [3.05, 3.63) is 29.3 Å². The minimum absolute atomic E-state index is 0.00217. The third-order valence-electron chi connectivity index (χ3n) is 4.10. The first-order valence-electron chi connectivity index (χ1n) is 7.65. The second-order valence-corrected chi connectivity index (χ2v) is 6.47. The monoisotopic (exact) mass is 324 g/mol. The lowest BCUT2D eigenvalue weighted by atomic mass is 9.88. The lowest BCUT2D eigenvalue weighted by Crippen LogP contribution is -2.35. The van der Waals surface area contributed by atoms with E-state index >= 15 is 0 Å². The van der Waals surface area contributed by atoms with Crippen LogP contribution >= 0.6 is 0 Å². The molecule has 6 heteroatoms. The number of hydrogen-bond donors (Lipinski definition) is 1. The van der Waals surface area contributed by atoms with Gasteiger partial charge in [-0.3, -0.25) is 0 Å². The van der Waals surface area contributed by atoms with E-state index in [2.05, 4.69) is 24.1 Å². The maximum absolute atomic E-state index is 13.4. The number of nitrogens with one attached hydrogen (secondary N) is 1. The first-order valence-corrected chi connectivity index (χ1v) is 7.65. The number of hydrogen-bond acceptors (Lipinski definition) is 3. The number of fused-ring (bicyclic) bond motifs is 2. The summed E-state index contributed by atoms with van der Waals surface area (Å²) in [5, 5.41) is 3.50. The zero-order valence-corrected chi connectivity index (χ0v) is 13.3. The van der Waals surface area contributed by atoms with Crippen LogP contribution in [0.25, 0.3) is 10.9 Å². The first kappa shape index (κ1) is 15.9. The Kier molecular flexibility index (Phi) is 3.65. The number of anilines is 1. The van der Waals surface area contributed by atoms with Crippen molar-refractivity contribution in [3.8, 4) is 5.88 Å². The number of ether oxygens (including phenoxy) is 1. The van der Waals surface area contributed by atoms with Gasteiger partial charge in [-0.25, -0.2) is 4.98 Å². The van der Waals surface area contributed by atoms with Gasteiger partial charge in [0.25, 0.3) is 0 Å². The van der Waals surface area contributed by atoms with Crippen molar-refractivity contribution in [1.29, 1.82) is 0 Å². The van der Waals surface area contributed by atoms with Crippen molar-refractivity contribution in [2.45, 2.75) is 45.3 Å². The summed E-state index contributed by atoms with van der Waals surface area (Å²) in [6.07, 6.45) is -2.82. The van der Waals surface area contributed by atoms with Crippen molar-refractivity contribution < 1.29 is 17.9 Å². The Labute approximate surface area is 132 Å². The standard InChI is InChI=1S/C17H19F3N2O/c1-4-23-15-8-12(17(18,19)20)11-7-10-5-6-16(2,3)22-13(10)9-14(11)21-15/h7-9,22H,4-6H2,1-3H3. The highest BCUT2D eigenvalue weighted by atomic mass is 19.4. The fourth-order valence-electron chi connectivity index (χ4n) is 2.95. The zero-order chi connectivity index (χ0) is 16.8. The number of aromatic nitrogens is 1. The minimum atomic E-state index is -4.44. The molecule has 3 rings (SSSR count). The van der Waals surface area contributed by atoms with Gasteiger partial charge < -0.3 is 10.1 Å². The molecule has 124 valence electrons. The van der Waals surface area contributed by atoms with Gasteiger partial charge in [0.1, 0.15) is 0 Å². The Morgan fingerprint density at radius 1 is 1.26 bits per heavy atom. The molecular weight excluding hydrogens is 305 g/mol. The molecule has 0 atom stereocenters. The van der Waals surface area contributed by atoms with E-state index in [1.807, 2.05) is 0 Å². The van der Waals surface area contributed by atoms with Gasteiger partial charge >= 0.3 is 6.18 Å². The maximum Gasteiger partial charge on any atom is 0.417 e. The summed E-state index contributed by atoms with van der Waals surface area (Å²) < 4.78 is 45.4. The molecule has 0 unspecified atom stereocenters. The summed E-state index contributed by atoms with van der Waals surface area (Å²) in [5.74, 6) is 0.00217. The maximum atomic E-state index is 13.4. The lowest BCUT2D eigenvalue weighted by Gasteiger charge is -2.34. The van der Waals surface area contributed by atoms with Crippen LogP contribution in [0, 0.1) is 0 Å². The van der Waals surface area contributed by atoms with Crippen molar-refractivity contribution in [3.63, 3.8) is 0 Å². The Bertz CT molecular complexity index is 754. The second-order valence-electron chi connectivity index (χ2n) is 6.47. The zero-order valence-electron chi connectivity index (χ0n) is 13.3. The third kappa shape index (κ3) is 3.07. The molecule has 0 amide bonds. The predicted octanol–water partition coefficient (Wildman–Crippen LogP) is 4.79. The van der Waals surface area contributed by atoms with Crippen LogP contribution in [-0.4, -0.2) is 17.1 Å². The van der Waals surface area contributed by atoms with Gasteiger partial charge in [-0.2, -0.15) is 13.2 Å². The SMILES string of the molecule is CCOc1cc(C(F)(F)F)c2cc3c(cc2n1)NC(C)(C)CC3. The molecule has 0 aliphatic carbocycles. The van der Waals surface area contributed by atoms with Crippen LogP contribution in [0.5, 0.6) is 5.88 Å². The van der Waals surface area contributed by atoms with E-state index < -0.39 is 11.7 Å². The van der Waals surface area contributed by atoms with Gasteiger partial charge in [0, 0.05) is 22.7 Å². The summed E-state index contributed by atoms with van der Waals surface area (Å²) in [7, 11) is 0. The Hall–Kier alpha value is -1.98. The highest BCUT2D eigenvalue weighted by molar-refractivity contribution is 5.88. The average Bonchev–Trinajstić information content (AvgIpc) is 2.43. The van der Waals surface area contributed by atoms with Crippen LogP contribution in [0.3, 0.4) is 0 Å². The number of pyridine rings is 1. The predicted molar refractivity (Wildman–Crippen MR) is 83.9 cm³/mol. The van der Waals surface area contributed by atoms with Crippen molar-refractivity contribution in [2.24, 2.45) is 0 Å². The fourth-order valence-corrected chi connectivity index (χ4v) is 2.95. The second kappa shape index (κ2) is 5.28. The summed E-state index contributed by atoms with van der Waals surface area (Å²) in [5.41, 5.74) is 1.27. The Morgan fingerprint density at radius 3 is 2.65 bits per heavy atom. The molecule has 1 aliphatic heterocycles. The van der Waals surface area contributed by atoms with Gasteiger partial charge in [-0.05, 0) is 51.3 Å². The van der Waals surface area contributed by atoms with Crippen LogP contribution in [0.1, 0.15) is 38.3 Å². The number of alkyl halides is 3. The topological polar surface area (TPSA) is 34.1 Å². The van der Waals surface area contributed by atoms with E-state index in [9.17, 15) is 13.2 Å². The average molecular weight is 324 g/mol. The van der Waals surface area contributed by atoms with E-state index in [0.717, 1.165) is 30.2 Å². The quantitative estimate of drug-likeness (QED) is 0.862. The minimum Gasteiger partial charge on any atom is -0.478 e. The summed E-state index contributed by atoms with van der Waals surface area (Å²) in [4.78, 5) is 4.23. The lowest BCUT2D eigenvalue weighted by molar-refractivity contribution is -0.136. The van der Waals surface area contributed by atoms with Crippen molar-refractivity contribution in [1.82, 2.24) is 4.98 Å². The molecule has 0 saturated carbocycles. The van der Waals surface area contributed by atoms with Crippen LogP contribution < -0.4 is 10.1 Å². The summed E-state index contributed by atoms with van der Waals surface area (Å²) in [6.45, 7) is 6.14. The molecule has 0 saturated heterocycles. The smallest absolute Gasteiger partial charge is 0.417 e. The fraction of sp³-hybridized carbons (Fsp3) is 0.471. The van der Waals surface area contributed by atoms with Gasteiger partial charge in [-0.1, -0.05) is 0 Å². The molecule has 1 N–H and O–H groups in total. The van der Waals surface area contributed by atoms with E-state index in [1.165, 1.54) is 0 Å². The van der Waals surface area contributed by atoms with Crippen molar-refractivity contribution >= 4 is 16.6 Å². The van der Waals surface area contributed by atoms with E-state index in [-0.39, 0.29) is 23.4 Å². The Morgan fingerprint density at radius 2 is 2.00 bits per heavy atom. The third-order valence-corrected chi connectivity index (χ3v) is 4.10. The first-order chi connectivity index (χ1) is 10.7. The number of aryl methyl sites for hydroxylation is 1. The largest absolute Gasteiger partial charge is 0.478 e. The van der Waals surface area contributed by atoms with Gasteiger partial charge in [0.15, 0.2) is 0 Å². The highest BCUT2D eigenvalue weighted by Gasteiger charge is 2.34. The van der Waals surface area contributed by atoms with Gasteiger partial charge in [-0.15, -0.1) is 0 Å². The van der Waals surface area contributed by atoms with Crippen LogP contribution in [0.4, 0.5) is 18.9 Å². The van der Waals surface area contributed by atoms with E-state index in [0.29, 0.717) is 5.52 Å². The molecule has 1 aromatic carbocycles. The van der Waals surface area contributed by atoms with Gasteiger partial charge in [0.05, 0.1) is 17.7 Å². The Balaban J connectivity index is 2.22. The summed E-state index contributed by atoms with van der Waals surface area (Å²) >= 11 is 0. The molecule has 0 radical (unpaired) electrons. The van der Waals surface area contributed by atoms with E-state index in [4.69, 9.17) is 4.74 Å². The highest BCUT2D eigenvalue weighted by Crippen LogP contribution is 2.40. The molecule has 23 heavy (non-hydrogen) atoms. The number of halogens is 3.